The lowest BCUT2D eigenvalue weighted by Crippen LogP contribution is -2.21. The zero-order valence-corrected chi connectivity index (χ0v) is 21.6. The fourth-order valence-corrected chi connectivity index (χ4v) is 5.42. The third-order valence-electron chi connectivity index (χ3n) is 7.92. The molecule has 2 aliphatic carbocycles. The van der Waals surface area contributed by atoms with Crippen LogP contribution < -0.4 is 5.32 Å². The van der Waals surface area contributed by atoms with Crippen LogP contribution in [-0.4, -0.2) is 31.5 Å². The molecule has 38 heavy (non-hydrogen) atoms. The normalized spacial score (nSPS) is 16.1. The number of carbonyl (C=O) groups is 1. The third-order valence-corrected chi connectivity index (χ3v) is 7.92. The molecule has 2 heterocycles. The van der Waals surface area contributed by atoms with E-state index in [4.69, 9.17) is 4.74 Å². The first-order valence-electron chi connectivity index (χ1n) is 13.6. The summed E-state index contributed by atoms with van der Waals surface area (Å²) in [7, 11) is 0. The molecule has 2 aromatic heterocycles. The van der Waals surface area contributed by atoms with Gasteiger partial charge >= 0.3 is 6.09 Å². The average Bonchev–Trinajstić information content (AvgIpc) is 3.53. The fourth-order valence-electron chi connectivity index (χ4n) is 5.42. The molecule has 0 spiro atoms. The van der Waals surface area contributed by atoms with E-state index in [9.17, 15) is 10.1 Å². The zero-order valence-electron chi connectivity index (χ0n) is 21.6. The molecule has 0 aliphatic heterocycles. The molecule has 194 valence electrons. The zero-order chi connectivity index (χ0) is 26.1. The van der Waals surface area contributed by atoms with Gasteiger partial charge in [0.05, 0.1) is 16.8 Å². The van der Waals surface area contributed by atoms with Gasteiger partial charge in [-0.1, -0.05) is 24.3 Å². The Bertz CT molecular complexity index is 1470. The number of benzene rings is 2. The smallest absolute Gasteiger partial charge is 0.411 e. The molecule has 1 N–H and O–H groups in total. The standard InChI is InChI=1S/C30H32N6O2/c1-20(22-8-9-22)38-30(37)34-24-12-10-23(11-13-24)29-27(17-31)26-14-7-21(4-3-15-35-19-32-18-33-35)16-28(26)36(29)25-5-2-6-25/h7,10-14,16,18-20,22,25H,2-6,8-9,15H2,1H3,(H,34,37). The van der Waals surface area contributed by atoms with Crippen molar-refractivity contribution in [3.8, 4) is 17.3 Å². The Morgan fingerprint density at radius 2 is 2.00 bits per heavy atom. The van der Waals surface area contributed by atoms with E-state index in [0.29, 0.717) is 23.2 Å². The van der Waals surface area contributed by atoms with Crippen molar-refractivity contribution in [3.63, 3.8) is 0 Å². The molecule has 6 rings (SSSR count). The largest absolute Gasteiger partial charge is 0.446 e. The quantitative estimate of drug-likeness (QED) is 0.279. The minimum atomic E-state index is -0.421. The van der Waals surface area contributed by atoms with E-state index in [1.165, 1.54) is 12.0 Å². The predicted octanol–water partition coefficient (Wildman–Crippen LogP) is 6.48. The van der Waals surface area contributed by atoms with Gasteiger partial charge in [-0.2, -0.15) is 10.4 Å². The van der Waals surface area contributed by atoms with E-state index in [1.54, 1.807) is 12.7 Å². The van der Waals surface area contributed by atoms with Gasteiger partial charge in [-0.25, -0.2) is 9.78 Å². The summed E-state index contributed by atoms with van der Waals surface area (Å²) in [6.45, 7) is 2.77. The van der Waals surface area contributed by atoms with Crippen LogP contribution in [0.25, 0.3) is 22.2 Å². The van der Waals surface area contributed by atoms with Crippen LogP contribution in [0.4, 0.5) is 10.5 Å². The number of amides is 1. The summed E-state index contributed by atoms with van der Waals surface area (Å²) in [6, 6.07) is 17.1. The highest BCUT2D eigenvalue weighted by Gasteiger charge is 2.31. The highest BCUT2D eigenvalue weighted by molar-refractivity contribution is 5.95. The van der Waals surface area contributed by atoms with E-state index < -0.39 is 6.09 Å². The molecule has 1 atom stereocenters. The molecule has 0 bridgehead atoms. The average molecular weight is 509 g/mol. The van der Waals surface area contributed by atoms with Gasteiger partial charge in [0, 0.05) is 23.7 Å². The lowest BCUT2D eigenvalue weighted by Gasteiger charge is -2.30. The van der Waals surface area contributed by atoms with Crippen molar-refractivity contribution < 1.29 is 9.53 Å². The maximum atomic E-state index is 12.3. The van der Waals surface area contributed by atoms with Crippen LogP contribution in [0, 0.1) is 17.2 Å². The van der Waals surface area contributed by atoms with Crippen LogP contribution in [0.3, 0.4) is 0 Å². The lowest BCUT2D eigenvalue weighted by molar-refractivity contribution is 0.108. The van der Waals surface area contributed by atoms with Crippen molar-refractivity contribution in [2.45, 2.75) is 70.6 Å². The van der Waals surface area contributed by atoms with E-state index in [-0.39, 0.29) is 6.10 Å². The number of hydrogen-bond acceptors (Lipinski definition) is 5. The molecule has 0 saturated heterocycles. The molecule has 2 aromatic carbocycles. The number of fused-ring (bicyclic) bond motifs is 1. The van der Waals surface area contributed by atoms with Gasteiger partial charge in [0.25, 0.3) is 0 Å². The van der Waals surface area contributed by atoms with Crippen LogP contribution in [0.1, 0.15) is 62.6 Å². The molecule has 8 heteroatoms. The Labute approximate surface area is 222 Å². The van der Waals surface area contributed by atoms with E-state index >= 15 is 0 Å². The van der Waals surface area contributed by atoms with Crippen molar-refractivity contribution >= 4 is 22.7 Å². The van der Waals surface area contributed by atoms with Crippen molar-refractivity contribution in [2.75, 3.05) is 5.32 Å². The molecular formula is C30H32N6O2. The highest BCUT2D eigenvalue weighted by atomic mass is 16.6. The van der Waals surface area contributed by atoms with Crippen LogP contribution >= 0.6 is 0 Å². The second kappa shape index (κ2) is 10.3. The van der Waals surface area contributed by atoms with Gasteiger partial charge in [0.2, 0.25) is 0 Å². The first kappa shape index (κ1) is 24.2. The number of nitriles is 1. The van der Waals surface area contributed by atoms with Crippen molar-refractivity contribution in [1.29, 1.82) is 5.26 Å². The summed E-state index contributed by atoms with van der Waals surface area (Å²) in [6.07, 6.45) is 10.4. The van der Waals surface area contributed by atoms with Gasteiger partial charge in [0.1, 0.15) is 24.8 Å². The van der Waals surface area contributed by atoms with Crippen LogP contribution in [0.2, 0.25) is 0 Å². The molecule has 0 radical (unpaired) electrons. The third kappa shape index (κ3) is 4.89. The highest BCUT2D eigenvalue weighted by Crippen LogP contribution is 2.43. The minimum absolute atomic E-state index is 0.0573. The monoisotopic (exact) mass is 508 g/mol. The number of aromatic nitrogens is 4. The minimum Gasteiger partial charge on any atom is -0.446 e. The number of anilines is 1. The predicted molar refractivity (Wildman–Crippen MR) is 146 cm³/mol. The molecule has 2 aliphatic rings. The summed E-state index contributed by atoms with van der Waals surface area (Å²) in [4.78, 5) is 16.3. The Morgan fingerprint density at radius 3 is 2.66 bits per heavy atom. The van der Waals surface area contributed by atoms with Crippen molar-refractivity contribution in [1.82, 2.24) is 19.3 Å². The molecule has 4 aromatic rings. The first-order chi connectivity index (χ1) is 18.6. The summed E-state index contributed by atoms with van der Waals surface area (Å²) >= 11 is 0. The van der Waals surface area contributed by atoms with Crippen molar-refractivity contribution in [2.24, 2.45) is 5.92 Å². The maximum absolute atomic E-state index is 12.3. The summed E-state index contributed by atoms with van der Waals surface area (Å²) in [5.74, 6) is 0.496. The molecule has 2 saturated carbocycles. The summed E-state index contributed by atoms with van der Waals surface area (Å²) < 4.78 is 9.73. The fraction of sp³-hybridized carbons (Fsp3) is 0.400. The number of aryl methyl sites for hydroxylation is 2. The van der Waals surface area contributed by atoms with Gasteiger partial charge in [-0.05, 0) is 87.1 Å². The topological polar surface area (TPSA) is 97.8 Å². The van der Waals surface area contributed by atoms with Crippen LogP contribution in [0.5, 0.6) is 0 Å². The molecule has 8 nitrogen and oxygen atoms in total. The molecule has 2 fully saturated rings. The maximum Gasteiger partial charge on any atom is 0.411 e. The van der Waals surface area contributed by atoms with E-state index in [0.717, 1.165) is 67.2 Å². The molecule has 1 unspecified atom stereocenters. The number of rotatable bonds is 9. The summed E-state index contributed by atoms with van der Waals surface area (Å²) in [5.41, 5.74) is 5.70. The summed E-state index contributed by atoms with van der Waals surface area (Å²) in [5, 5.41) is 18.3. The second-order valence-electron chi connectivity index (χ2n) is 10.6. The first-order valence-corrected chi connectivity index (χ1v) is 13.6. The van der Waals surface area contributed by atoms with Crippen LogP contribution in [-0.2, 0) is 17.7 Å². The van der Waals surface area contributed by atoms with Crippen molar-refractivity contribution in [3.05, 3.63) is 66.2 Å². The van der Waals surface area contributed by atoms with Crippen LogP contribution in [0.15, 0.2) is 55.1 Å². The van der Waals surface area contributed by atoms with Gasteiger partial charge in [-0.3, -0.25) is 10.00 Å². The van der Waals surface area contributed by atoms with E-state index in [2.05, 4.69) is 44.2 Å². The number of nitrogens with zero attached hydrogens (tertiary/aromatic N) is 5. The SMILES string of the molecule is CC(OC(=O)Nc1ccc(-c2c(C#N)c3ccc(CCCn4cncn4)cc3n2C2CCC2)cc1)C1CC1. The Hall–Kier alpha value is -4.12. The Kier molecular flexibility index (Phi) is 6.59. The lowest BCUT2D eigenvalue weighted by atomic mass is 9.92. The van der Waals surface area contributed by atoms with E-state index in [1.807, 2.05) is 35.9 Å². The van der Waals surface area contributed by atoms with Gasteiger partial charge < -0.3 is 9.30 Å². The Morgan fingerprint density at radius 1 is 1.18 bits per heavy atom. The number of nitrogens with one attached hydrogen (secondary N) is 1. The van der Waals surface area contributed by atoms with Gasteiger partial charge in [0.15, 0.2) is 0 Å². The molecule has 1 amide bonds. The second-order valence-corrected chi connectivity index (χ2v) is 10.6. The number of carbonyl (C=O) groups excluding carboxylic acids is 1. The number of ether oxygens (including phenoxy) is 1. The van der Waals surface area contributed by atoms with Gasteiger partial charge in [-0.15, -0.1) is 0 Å². The molecular weight excluding hydrogens is 476 g/mol. The number of hydrogen-bond donors (Lipinski definition) is 1. The Balaban J connectivity index is 1.27.